The molecule has 0 aromatic carbocycles. The van der Waals surface area contributed by atoms with Gasteiger partial charge in [-0.1, -0.05) is 41.9 Å². The Morgan fingerprint density at radius 1 is 1.27 bits per heavy atom. The fourth-order valence-electron chi connectivity index (χ4n) is 4.66. The van der Waals surface area contributed by atoms with Crippen molar-refractivity contribution in [3.63, 3.8) is 0 Å². The van der Waals surface area contributed by atoms with Crippen molar-refractivity contribution in [2.24, 2.45) is 11.3 Å². The largest absolute Gasteiger partial charge is 0.166 e. The molecule has 2 bridgehead atoms. The van der Waals surface area contributed by atoms with Crippen LogP contribution in [0.5, 0.6) is 0 Å². The van der Waals surface area contributed by atoms with Crippen molar-refractivity contribution in [3.8, 4) is 0 Å². The summed E-state index contributed by atoms with van der Waals surface area (Å²) in [6.07, 6.45) is 16.3. The maximum absolute atomic E-state index is 2.51. The molecule has 0 spiro atoms. The molecule has 0 aromatic heterocycles. The minimum atomic E-state index is 0.228. The van der Waals surface area contributed by atoms with Crippen molar-refractivity contribution in [3.05, 3.63) is 45.9 Å². The molecule has 1 fully saturated rings. The van der Waals surface area contributed by atoms with Crippen LogP contribution >= 0.6 is 10.5 Å². The zero-order chi connectivity index (χ0) is 15.9. The lowest BCUT2D eigenvalue weighted by atomic mass is 9.58. The molecule has 0 amide bonds. The van der Waals surface area contributed by atoms with Gasteiger partial charge in [-0.2, -0.15) is 10.5 Å². The number of allylic oxidation sites excluding steroid dienone is 7. The SMILES string of the molecule is C/C=C1\C2C=C(C)CC1(C)C(/C=C\S(C)=C1CCC1)=C(C)C2. The van der Waals surface area contributed by atoms with E-state index in [0.29, 0.717) is 16.4 Å². The predicted molar refractivity (Wildman–Crippen MR) is 103 cm³/mol. The third-order valence-electron chi connectivity index (χ3n) is 5.85. The maximum atomic E-state index is 2.51. The highest BCUT2D eigenvalue weighted by atomic mass is 32.2. The van der Waals surface area contributed by atoms with Crippen LogP contribution in [0.15, 0.2) is 45.9 Å². The molecule has 3 unspecified atom stereocenters. The van der Waals surface area contributed by atoms with Crippen LogP contribution in [0.4, 0.5) is 0 Å². The second kappa shape index (κ2) is 6.00. The first-order valence-electron chi connectivity index (χ1n) is 8.67. The highest BCUT2D eigenvalue weighted by molar-refractivity contribution is 8.18. The molecule has 0 aromatic rings. The average Bonchev–Trinajstić information content (AvgIpc) is 2.34. The molecular formula is C21H30S. The van der Waals surface area contributed by atoms with Crippen molar-refractivity contribution in [1.29, 1.82) is 0 Å². The van der Waals surface area contributed by atoms with Gasteiger partial charge in [0.05, 0.1) is 0 Å². The van der Waals surface area contributed by atoms with E-state index in [4.69, 9.17) is 0 Å². The molecule has 3 rings (SSSR count). The summed E-state index contributed by atoms with van der Waals surface area (Å²) in [6, 6.07) is 0. The van der Waals surface area contributed by atoms with E-state index in [1.54, 1.807) is 27.2 Å². The van der Waals surface area contributed by atoms with Crippen LogP contribution in [-0.4, -0.2) is 11.1 Å². The first-order chi connectivity index (χ1) is 10.5. The number of rotatable bonds is 2. The third kappa shape index (κ3) is 2.62. The van der Waals surface area contributed by atoms with Crippen molar-refractivity contribution in [1.82, 2.24) is 0 Å². The summed E-state index contributed by atoms with van der Waals surface area (Å²) in [5, 5.41) is 2.50. The van der Waals surface area contributed by atoms with E-state index in [9.17, 15) is 0 Å². The van der Waals surface area contributed by atoms with Gasteiger partial charge in [0.15, 0.2) is 0 Å². The topological polar surface area (TPSA) is 0 Å². The van der Waals surface area contributed by atoms with Gasteiger partial charge >= 0.3 is 0 Å². The number of hydrogen-bond acceptors (Lipinski definition) is 0. The summed E-state index contributed by atoms with van der Waals surface area (Å²) in [6.45, 7) is 9.37. The van der Waals surface area contributed by atoms with Crippen LogP contribution in [0.25, 0.3) is 0 Å². The van der Waals surface area contributed by atoms with Crippen molar-refractivity contribution >= 4 is 15.3 Å². The first-order valence-corrected chi connectivity index (χ1v) is 10.4. The van der Waals surface area contributed by atoms with Crippen LogP contribution in [0.3, 0.4) is 0 Å². The van der Waals surface area contributed by atoms with Gasteiger partial charge in [-0.05, 0) is 75.0 Å². The van der Waals surface area contributed by atoms with E-state index >= 15 is 0 Å². The molecule has 3 aliphatic carbocycles. The van der Waals surface area contributed by atoms with Crippen LogP contribution in [0, 0.1) is 11.3 Å². The molecule has 0 heterocycles. The molecule has 0 saturated heterocycles. The Hall–Kier alpha value is -0.820. The van der Waals surface area contributed by atoms with E-state index < -0.39 is 0 Å². The summed E-state index contributed by atoms with van der Waals surface area (Å²) in [5.74, 6) is 0.641. The summed E-state index contributed by atoms with van der Waals surface area (Å²) in [5.41, 5.74) is 6.65. The van der Waals surface area contributed by atoms with E-state index in [1.165, 1.54) is 32.1 Å². The number of hydrogen-bond donors (Lipinski definition) is 0. The second-order valence-electron chi connectivity index (χ2n) is 7.52. The van der Waals surface area contributed by atoms with Crippen molar-refractivity contribution < 1.29 is 0 Å². The predicted octanol–water partition coefficient (Wildman–Crippen LogP) is 6.39. The first kappa shape index (κ1) is 16.1. The highest BCUT2D eigenvalue weighted by Gasteiger charge is 2.42. The quantitative estimate of drug-likeness (QED) is 0.409. The van der Waals surface area contributed by atoms with Crippen LogP contribution in [0.1, 0.15) is 59.8 Å². The van der Waals surface area contributed by atoms with Gasteiger partial charge in [-0.3, -0.25) is 0 Å². The fourth-order valence-corrected chi connectivity index (χ4v) is 6.13. The minimum Gasteiger partial charge on any atom is -0.166 e. The van der Waals surface area contributed by atoms with Gasteiger partial charge in [0.2, 0.25) is 0 Å². The molecule has 1 heteroatoms. The Morgan fingerprint density at radius 3 is 2.59 bits per heavy atom. The van der Waals surface area contributed by atoms with Crippen LogP contribution < -0.4 is 0 Å². The molecule has 0 radical (unpaired) electrons. The Bertz CT molecular complexity index is 633. The van der Waals surface area contributed by atoms with Gasteiger partial charge in [-0.25, -0.2) is 0 Å². The molecule has 0 N–H and O–H groups in total. The minimum absolute atomic E-state index is 0.228. The zero-order valence-electron chi connectivity index (χ0n) is 14.8. The molecule has 22 heavy (non-hydrogen) atoms. The Balaban J connectivity index is 1.99. The molecule has 3 aliphatic rings. The van der Waals surface area contributed by atoms with Crippen LogP contribution in [0.2, 0.25) is 0 Å². The van der Waals surface area contributed by atoms with Gasteiger partial charge in [0.1, 0.15) is 0 Å². The van der Waals surface area contributed by atoms with Crippen molar-refractivity contribution in [2.45, 2.75) is 59.8 Å². The Kier molecular flexibility index (Phi) is 4.38. The Labute approximate surface area is 139 Å². The number of fused-ring (bicyclic) bond motifs is 2. The van der Waals surface area contributed by atoms with Crippen molar-refractivity contribution in [2.75, 3.05) is 6.26 Å². The second-order valence-corrected chi connectivity index (χ2v) is 9.49. The summed E-state index contributed by atoms with van der Waals surface area (Å²) < 4.78 is 0. The smallest absolute Gasteiger partial charge is 0.0176 e. The fraction of sp³-hybridized carbons (Fsp3) is 0.571. The normalized spacial score (nSPS) is 35.0. The summed E-state index contributed by atoms with van der Waals surface area (Å²) in [4.78, 5) is 1.78. The van der Waals surface area contributed by atoms with Gasteiger partial charge < -0.3 is 0 Å². The molecule has 120 valence electrons. The van der Waals surface area contributed by atoms with E-state index in [0.717, 1.165) is 0 Å². The van der Waals surface area contributed by atoms with Gasteiger partial charge in [0.25, 0.3) is 0 Å². The molecule has 0 nitrogen and oxygen atoms in total. The third-order valence-corrected chi connectivity index (χ3v) is 7.71. The molecular weight excluding hydrogens is 284 g/mol. The lowest BCUT2D eigenvalue weighted by Crippen LogP contribution is -2.34. The van der Waals surface area contributed by atoms with Gasteiger partial charge in [-0.15, -0.1) is 0 Å². The van der Waals surface area contributed by atoms with E-state index in [-0.39, 0.29) is 5.41 Å². The van der Waals surface area contributed by atoms with Gasteiger partial charge in [0, 0.05) is 11.3 Å². The highest BCUT2D eigenvalue weighted by Crippen LogP contribution is 2.55. The molecule has 0 aliphatic heterocycles. The zero-order valence-corrected chi connectivity index (χ0v) is 15.6. The maximum Gasteiger partial charge on any atom is 0.0176 e. The molecule has 1 saturated carbocycles. The molecule has 3 atom stereocenters. The summed E-state index contributed by atoms with van der Waals surface area (Å²) >= 11 is 0. The monoisotopic (exact) mass is 314 g/mol. The van der Waals surface area contributed by atoms with E-state index in [2.05, 4.69) is 57.6 Å². The summed E-state index contributed by atoms with van der Waals surface area (Å²) in [7, 11) is 0.375. The van der Waals surface area contributed by atoms with Crippen LogP contribution in [-0.2, 0) is 0 Å². The lowest BCUT2D eigenvalue weighted by molar-refractivity contribution is 0.387. The van der Waals surface area contributed by atoms with E-state index in [1.807, 2.05) is 0 Å². The average molecular weight is 315 g/mol. The Morgan fingerprint density at radius 2 is 2.00 bits per heavy atom. The standard InChI is InChI=1S/C21H30S/c1-6-19-17-12-15(2)14-21(19,4)20(16(3)13-17)10-11-22(5)18-8-7-9-18/h6,10-12,17H,7-9,13-14H2,1-5H3/b11-10-,19-6+. The lowest BCUT2D eigenvalue weighted by Gasteiger charge is -2.46.